The van der Waals surface area contributed by atoms with Gasteiger partial charge in [-0.25, -0.2) is 4.98 Å². The molecule has 8 nitrogen and oxygen atoms in total. The lowest BCUT2D eigenvalue weighted by Gasteiger charge is -2.19. The van der Waals surface area contributed by atoms with Gasteiger partial charge >= 0.3 is 0 Å². The number of imidazole rings is 1. The van der Waals surface area contributed by atoms with Crippen LogP contribution in [0.4, 0.5) is 5.69 Å². The minimum absolute atomic E-state index is 0.0753. The number of aromatic nitrogens is 3. The van der Waals surface area contributed by atoms with Gasteiger partial charge in [0.05, 0.1) is 16.7 Å². The standard InChI is InChI=1S/C27H30N6O2S/c34-26-24(21(7-9-29-26)28-8-6-19-5-3-14-36-19)25-30-22-15-18-17-33(13-4-12-32-10-1-2-11-32)27(35)20(18)16-23(22)31-25/h3,5,7,9,14-16H,1-2,4,6,8,10-13,17H2,(H,30,31)(H2,28,29,34). The highest BCUT2D eigenvalue weighted by Gasteiger charge is 2.28. The average Bonchev–Trinajstić information content (AvgIpc) is 3.67. The second-order valence-electron chi connectivity index (χ2n) is 9.59. The average molecular weight is 503 g/mol. The van der Waals surface area contributed by atoms with Crippen molar-refractivity contribution in [2.24, 2.45) is 0 Å². The Bertz CT molecular complexity index is 1430. The number of fused-ring (bicyclic) bond motifs is 2. The molecule has 0 unspecified atom stereocenters. The molecule has 2 aliphatic rings. The molecule has 0 bridgehead atoms. The fraction of sp³-hybridized carbons (Fsp3) is 0.370. The quantitative estimate of drug-likeness (QED) is 0.321. The lowest BCUT2D eigenvalue weighted by Crippen LogP contribution is -2.29. The van der Waals surface area contributed by atoms with Gasteiger partial charge in [-0.15, -0.1) is 11.3 Å². The molecule has 6 rings (SSSR count). The van der Waals surface area contributed by atoms with E-state index < -0.39 is 0 Å². The lowest BCUT2D eigenvalue weighted by atomic mass is 10.1. The number of H-pyrrole nitrogens is 2. The van der Waals surface area contributed by atoms with Crippen LogP contribution in [0.1, 0.15) is 40.1 Å². The molecule has 9 heteroatoms. The summed E-state index contributed by atoms with van der Waals surface area (Å²) in [5.41, 5.74) is 4.28. The second-order valence-corrected chi connectivity index (χ2v) is 10.6. The summed E-state index contributed by atoms with van der Waals surface area (Å²) in [6, 6.07) is 9.90. The number of thiophene rings is 1. The number of likely N-dealkylation sites (tertiary alicyclic amines) is 1. The van der Waals surface area contributed by atoms with E-state index in [4.69, 9.17) is 4.98 Å². The fourth-order valence-corrected chi connectivity index (χ4v) is 6.01. The highest BCUT2D eigenvalue weighted by molar-refractivity contribution is 7.09. The normalized spacial score (nSPS) is 15.8. The molecule has 186 valence electrons. The molecule has 4 aromatic rings. The topological polar surface area (TPSA) is 97.1 Å². The van der Waals surface area contributed by atoms with Crippen molar-refractivity contribution in [2.45, 2.75) is 32.2 Å². The molecular formula is C27H30N6O2S. The molecule has 0 radical (unpaired) electrons. The zero-order valence-electron chi connectivity index (χ0n) is 20.2. The number of carbonyl (C=O) groups excluding carboxylic acids is 1. The smallest absolute Gasteiger partial charge is 0.261 e. The molecule has 5 heterocycles. The van der Waals surface area contributed by atoms with Crippen LogP contribution in [0.5, 0.6) is 0 Å². The van der Waals surface area contributed by atoms with Gasteiger partial charge in [0.15, 0.2) is 0 Å². The number of hydrogen-bond donors (Lipinski definition) is 3. The first-order valence-electron chi connectivity index (χ1n) is 12.7. The van der Waals surface area contributed by atoms with Crippen molar-refractivity contribution in [1.29, 1.82) is 0 Å². The van der Waals surface area contributed by atoms with Crippen LogP contribution in [0, 0.1) is 0 Å². The lowest BCUT2D eigenvalue weighted by molar-refractivity contribution is 0.0772. The summed E-state index contributed by atoms with van der Waals surface area (Å²) in [6.45, 7) is 5.54. The van der Waals surface area contributed by atoms with Crippen LogP contribution in [0.3, 0.4) is 0 Å². The molecule has 0 saturated carbocycles. The molecule has 3 aromatic heterocycles. The molecule has 1 amide bonds. The van der Waals surface area contributed by atoms with E-state index in [1.165, 1.54) is 30.8 Å². The van der Waals surface area contributed by atoms with E-state index in [0.29, 0.717) is 30.0 Å². The number of amides is 1. The van der Waals surface area contributed by atoms with Crippen LogP contribution < -0.4 is 10.9 Å². The van der Waals surface area contributed by atoms with Crippen molar-refractivity contribution in [3.8, 4) is 11.4 Å². The van der Waals surface area contributed by atoms with E-state index in [1.807, 2.05) is 29.2 Å². The first kappa shape index (κ1) is 23.0. The van der Waals surface area contributed by atoms with Gasteiger partial charge in [0.25, 0.3) is 11.5 Å². The van der Waals surface area contributed by atoms with E-state index in [9.17, 15) is 9.59 Å². The summed E-state index contributed by atoms with van der Waals surface area (Å²) >= 11 is 1.73. The van der Waals surface area contributed by atoms with Gasteiger partial charge < -0.3 is 25.1 Å². The molecule has 1 aromatic carbocycles. The van der Waals surface area contributed by atoms with Crippen LogP contribution in [-0.4, -0.2) is 63.4 Å². The number of benzene rings is 1. The number of pyridine rings is 1. The monoisotopic (exact) mass is 502 g/mol. The summed E-state index contributed by atoms with van der Waals surface area (Å²) in [5, 5.41) is 5.46. The zero-order valence-corrected chi connectivity index (χ0v) is 21.0. The molecule has 36 heavy (non-hydrogen) atoms. The third kappa shape index (κ3) is 4.56. The minimum Gasteiger partial charge on any atom is -0.384 e. The SMILES string of the molecule is O=C1c2cc3nc(-c4c(NCCc5cccs5)cc[nH]c4=O)[nH]c3cc2CN1CCCN1CCCC1. The number of anilines is 1. The van der Waals surface area contributed by atoms with E-state index in [0.717, 1.165) is 48.3 Å². The predicted molar refractivity (Wildman–Crippen MR) is 144 cm³/mol. The molecule has 0 atom stereocenters. The van der Waals surface area contributed by atoms with E-state index in [-0.39, 0.29) is 11.5 Å². The third-order valence-electron chi connectivity index (χ3n) is 7.15. The molecule has 0 aliphatic carbocycles. The minimum atomic E-state index is -0.206. The van der Waals surface area contributed by atoms with Crippen molar-refractivity contribution >= 4 is 34.0 Å². The number of carbonyl (C=O) groups is 1. The largest absolute Gasteiger partial charge is 0.384 e. The Balaban J connectivity index is 1.19. The summed E-state index contributed by atoms with van der Waals surface area (Å²) in [7, 11) is 0. The van der Waals surface area contributed by atoms with Gasteiger partial charge in [0, 0.05) is 36.3 Å². The maximum absolute atomic E-state index is 13.1. The second kappa shape index (κ2) is 9.91. The van der Waals surface area contributed by atoms with Crippen molar-refractivity contribution in [3.05, 3.63) is 68.3 Å². The highest BCUT2D eigenvalue weighted by Crippen LogP contribution is 2.30. The van der Waals surface area contributed by atoms with Crippen LogP contribution >= 0.6 is 11.3 Å². The van der Waals surface area contributed by atoms with Crippen LogP contribution in [0.15, 0.2) is 46.7 Å². The van der Waals surface area contributed by atoms with Crippen molar-refractivity contribution in [3.63, 3.8) is 0 Å². The Hall–Kier alpha value is -3.43. The maximum atomic E-state index is 13.1. The fourth-order valence-electron chi connectivity index (χ4n) is 5.31. The Morgan fingerprint density at radius 1 is 1.11 bits per heavy atom. The van der Waals surface area contributed by atoms with Gasteiger partial charge in [-0.3, -0.25) is 9.59 Å². The van der Waals surface area contributed by atoms with Crippen molar-refractivity contribution in [1.82, 2.24) is 24.8 Å². The number of nitrogens with zero attached hydrogens (tertiary/aromatic N) is 3. The number of aromatic amines is 2. The molecule has 0 spiro atoms. The molecule has 2 aliphatic heterocycles. The summed E-state index contributed by atoms with van der Waals surface area (Å²) < 4.78 is 0. The predicted octanol–water partition coefficient (Wildman–Crippen LogP) is 4.08. The maximum Gasteiger partial charge on any atom is 0.261 e. The van der Waals surface area contributed by atoms with Gasteiger partial charge in [-0.1, -0.05) is 6.07 Å². The number of nitrogens with one attached hydrogen (secondary N) is 3. The first-order chi connectivity index (χ1) is 17.7. The van der Waals surface area contributed by atoms with Crippen LogP contribution in [0.2, 0.25) is 0 Å². The van der Waals surface area contributed by atoms with Crippen LogP contribution in [-0.2, 0) is 13.0 Å². The van der Waals surface area contributed by atoms with E-state index >= 15 is 0 Å². The molecule has 1 fully saturated rings. The third-order valence-corrected chi connectivity index (χ3v) is 8.09. The van der Waals surface area contributed by atoms with Gasteiger partial charge in [-0.05, 0) is 80.5 Å². The summed E-state index contributed by atoms with van der Waals surface area (Å²) in [5.74, 6) is 0.579. The van der Waals surface area contributed by atoms with Gasteiger partial charge in [-0.2, -0.15) is 0 Å². The van der Waals surface area contributed by atoms with Gasteiger partial charge in [0.1, 0.15) is 11.4 Å². The molecular weight excluding hydrogens is 472 g/mol. The van der Waals surface area contributed by atoms with Crippen molar-refractivity contribution in [2.75, 3.05) is 38.0 Å². The Kier molecular flexibility index (Phi) is 6.33. The first-order valence-corrected chi connectivity index (χ1v) is 13.6. The zero-order chi connectivity index (χ0) is 24.5. The molecule has 1 saturated heterocycles. The Morgan fingerprint density at radius 2 is 2.00 bits per heavy atom. The summed E-state index contributed by atoms with van der Waals surface area (Å²) in [4.78, 5) is 42.4. The summed E-state index contributed by atoms with van der Waals surface area (Å²) in [6.07, 6.45) is 6.10. The number of hydrogen-bond acceptors (Lipinski definition) is 6. The van der Waals surface area contributed by atoms with E-state index in [2.05, 4.69) is 31.6 Å². The Labute approximate surface area is 213 Å². The number of rotatable bonds is 9. The Morgan fingerprint density at radius 3 is 2.83 bits per heavy atom. The van der Waals surface area contributed by atoms with Crippen LogP contribution in [0.25, 0.3) is 22.4 Å². The van der Waals surface area contributed by atoms with Crippen molar-refractivity contribution < 1.29 is 4.79 Å². The van der Waals surface area contributed by atoms with Gasteiger partial charge in [0.2, 0.25) is 0 Å². The molecule has 3 N–H and O–H groups in total. The highest BCUT2D eigenvalue weighted by atomic mass is 32.1. The van der Waals surface area contributed by atoms with E-state index in [1.54, 1.807) is 17.5 Å².